The number of rotatable bonds is 7. The van der Waals surface area contributed by atoms with E-state index in [2.05, 4.69) is 15.1 Å². The second-order valence-electron chi connectivity index (χ2n) is 8.90. The lowest BCUT2D eigenvalue weighted by Crippen LogP contribution is -2.57. The molecule has 5 rings (SSSR count). The van der Waals surface area contributed by atoms with Crippen molar-refractivity contribution in [2.24, 2.45) is 5.92 Å². The van der Waals surface area contributed by atoms with Crippen LogP contribution in [-0.2, 0) is 4.74 Å². The van der Waals surface area contributed by atoms with Gasteiger partial charge in [-0.25, -0.2) is 9.37 Å². The molecule has 6 nitrogen and oxygen atoms in total. The van der Waals surface area contributed by atoms with Gasteiger partial charge in [0.05, 0.1) is 41.3 Å². The standard InChI is InChI=1S/C24H27Cl2FN4O2S/c1-14(17-3-2-16(25)10-18(17)26)28-22-19(27)4-5-20-23(22)34-24(29-20)31-11-15(12-31)21-13-30(6-8-32)7-9-33-21/h2-5,10,14-15,21,28,32H,6-9,11-13H2,1H3/t14-,21+/m1/s1. The van der Waals surface area contributed by atoms with Gasteiger partial charge in [-0.1, -0.05) is 40.6 Å². The third-order valence-electron chi connectivity index (χ3n) is 6.59. The van der Waals surface area contributed by atoms with Gasteiger partial charge in [-0.05, 0) is 36.8 Å². The summed E-state index contributed by atoms with van der Waals surface area (Å²) in [5.74, 6) is 0.107. The van der Waals surface area contributed by atoms with Crippen molar-refractivity contribution in [1.82, 2.24) is 9.88 Å². The van der Waals surface area contributed by atoms with E-state index < -0.39 is 0 Å². The molecule has 3 aromatic rings. The van der Waals surface area contributed by atoms with Gasteiger partial charge in [-0.2, -0.15) is 0 Å². The van der Waals surface area contributed by atoms with Gasteiger partial charge in [-0.15, -0.1) is 0 Å². The molecule has 182 valence electrons. The Labute approximate surface area is 212 Å². The number of aromatic nitrogens is 1. The van der Waals surface area contributed by atoms with Gasteiger partial charge in [0.2, 0.25) is 0 Å². The lowest BCUT2D eigenvalue weighted by Gasteiger charge is -2.46. The first-order valence-electron chi connectivity index (χ1n) is 11.4. The summed E-state index contributed by atoms with van der Waals surface area (Å²) in [6, 6.07) is 8.29. The number of morpholine rings is 1. The Bertz CT molecular complexity index is 1170. The van der Waals surface area contributed by atoms with Crippen LogP contribution in [-0.4, -0.2) is 67.0 Å². The molecule has 0 spiro atoms. The van der Waals surface area contributed by atoms with Crippen LogP contribution in [0.25, 0.3) is 10.2 Å². The fourth-order valence-corrected chi connectivity index (χ4v) is 6.29. The number of halogens is 3. The van der Waals surface area contributed by atoms with E-state index in [4.69, 9.17) is 32.9 Å². The van der Waals surface area contributed by atoms with Gasteiger partial charge in [-0.3, -0.25) is 4.90 Å². The summed E-state index contributed by atoms with van der Waals surface area (Å²) in [6.45, 7) is 6.95. The number of ether oxygens (including phenoxy) is 1. The van der Waals surface area contributed by atoms with Crippen molar-refractivity contribution < 1.29 is 14.2 Å². The Kier molecular flexibility index (Phi) is 7.16. The van der Waals surface area contributed by atoms with E-state index in [1.807, 2.05) is 13.0 Å². The smallest absolute Gasteiger partial charge is 0.186 e. The lowest BCUT2D eigenvalue weighted by atomic mass is 9.93. The van der Waals surface area contributed by atoms with Crippen LogP contribution in [0.4, 0.5) is 15.2 Å². The summed E-state index contributed by atoms with van der Waals surface area (Å²) in [5.41, 5.74) is 2.05. The molecule has 2 atom stereocenters. The summed E-state index contributed by atoms with van der Waals surface area (Å²) in [4.78, 5) is 9.26. The molecule has 0 saturated carbocycles. The number of benzene rings is 2. The van der Waals surface area contributed by atoms with E-state index in [-0.39, 0.29) is 24.6 Å². The van der Waals surface area contributed by atoms with Crippen LogP contribution in [0.3, 0.4) is 0 Å². The second-order valence-corrected chi connectivity index (χ2v) is 10.7. The van der Waals surface area contributed by atoms with Gasteiger partial charge >= 0.3 is 0 Å². The zero-order valence-electron chi connectivity index (χ0n) is 18.8. The van der Waals surface area contributed by atoms with Crippen LogP contribution in [0, 0.1) is 11.7 Å². The second kappa shape index (κ2) is 10.1. The predicted octanol–water partition coefficient (Wildman–Crippen LogP) is 5.04. The average Bonchev–Trinajstić information content (AvgIpc) is 3.19. The Morgan fingerprint density at radius 2 is 2.09 bits per heavy atom. The molecule has 34 heavy (non-hydrogen) atoms. The highest BCUT2D eigenvalue weighted by Gasteiger charge is 2.38. The maximum atomic E-state index is 14.9. The number of aliphatic hydroxyl groups is 1. The van der Waals surface area contributed by atoms with Crippen molar-refractivity contribution in [3.05, 3.63) is 51.8 Å². The minimum Gasteiger partial charge on any atom is -0.395 e. The zero-order valence-corrected chi connectivity index (χ0v) is 21.1. The summed E-state index contributed by atoms with van der Waals surface area (Å²) < 4.78 is 21.7. The van der Waals surface area contributed by atoms with Crippen LogP contribution < -0.4 is 10.2 Å². The number of fused-ring (bicyclic) bond motifs is 1. The number of nitrogens with zero attached hydrogens (tertiary/aromatic N) is 3. The first-order chi connectivity index (χ1) is 16.4. The largest absolute Gasteiger partial charge is 0.395 e. The minimum absolute atomic E-state index is 0.172. The zero-order chi connectivity index (χ0) is 23.8. The predicted molar refractivity (Wildman–Crippen MR) is 137 cm³/mol. The molecule has 1 aromatic heterocycles. The first kappa shape index (κ1) is 24.0. The molecular formula is C24H27Cl2FN4O2S. The molecule has 0 aliphatic carbocycles. The molecule has 0 amide bonds. The number of hydrogen-bond donors (Lipinski definition) is 2. The summed E-state index contributed by atoms with van der Waals surface area (Å²) >= 11 is 13.9. The average molecular weight is 525 g/mol. The van der Waals surface area contributed by atoms with E-state index in [9.17, 15) is 9.50 Å². The molecule has 0 bridgehead atoms. The fraction of sp³-hybridized carbons (Fsp3) is 0.458. The highest BCUT2D eigenvalue weighted by atomic mass is 35.5. The summed E-state index contributed by atoms with van der Waals surface area (Å²) in [7, 11) is 0. The molecular weight excluding hydrogens is 498 g/mol. The van der Waals surface area contributed by atoms with E-state index in [0.29, 0.717) is 34.8 Å². The lowest BCUT2D eigenvalue weighted by molar-refractivity contribution is -0.0656. The topological polar surface area (TPSA) is 60.9 Å². The number of hydrogen-bond acceptors (Lipinski definition) is 7. The molecule has 3 heterocycles. The first-order valence-corrected chi connectivity index (χ1v) is 13.0. The molecule has 2 aromatic carbocycles. The third kappa shape index (κ3) is 4.85. The van der Waals surface area contributed by atoms with Crippen LogP contribution in [0.15, 0.2) is 30.3 Å². The number of aliphatic hydroxyl groups excluding tert-OH is 1. The molecule has 0 radical (unpaired) electrons. The SMILES string of the molecule is C[C@@H](Nc1c(F)ccc2nc(N3CC([C@@H]4CN(CCO)CCO4)C3)sc12)c1ccc(Cl)cc1Cl. The monoisotopic (exact) mass is 524 g/mol. The normalized spacial score (nSPS) is 20.5. The highest BCUT2D eigenvalue weighted by molar-refractivity contribution is 7.22. The van der Waals surface area contributed by atoms with Gasteiger partial charge in [0.15, 0.2) is 5.13 Å². The Balaban J connectivity index is 1.30. The number of β-amino-alcohol motifs (C(OH)–C–C–N with tert-alkyl or cyclic N) is 1. The van der Waals surface area contributed by atoms with Crippen molar-refractivity contribution in [3.8, 4) is 0 Å². The number of thiazole rings is 1. The minimum atomic E-state index is -0.319. The molecule has 0 unspecified atom stereocenters. The number of anilines is 2. The van der Waals surface area contributed by atoms with Gasteiger partial charge in [0.1, 0.15) is 5.82 Å². The van der Waals surface area contributed by atoms with Crippen LogP contribution in [0.1, 0.15) is 18.5 Å². The summed E-state index contributed by atoms with van der Waals surface area (Å²) in [6.07, 6.45) is 0.172. The van der Waals surface area contributed by atoms with E-state index >= 15 is 0 Å². The van der Waals surface area contributed by atoms with Crippen molar-refractivity contribution >= 4 is 55.6 Å². The van der Waals surface area contributed by atoms with Crippen molar-refractivity contribution in [2.75, 3.05) is 56.2 Å². The Hall–Kier alpha value is -1.68. The van der Waals surface area contributed by atoms with E-state index in [1.54, 1.807) is 18.2 Å². The van der Waals surface area contributed by atoms with E-state index in [1.165, 1.54) is 17.4 Å². The van der Waals surface area contributed by atoms with Crippen molar-refractivity contribution in [2.45, 2.75) is 19.1 Å². The molecule has 2 fully saturated rings. The molecule has 10 heteroatoms. The highest BCUT2D eigenvalue weighted by Crippen LogP contribution is 2.40. The quantitative estimate of drug-likeness (QED) is 0.451. The molecule has 2 aliphatic rings. The van der Waals surface area contributed by atoms with Crippen molar-refractivity contribution in [1.29, 1.82) is 0 Å². The Morgan fingerprint density at radius 1 is 1.26 bits per heavy atom. The van der Waals surface area contributed by atoms with Gasteiger partial charge in [0.25, 0.3) is 0 Å². The van der Waals surface area contributed by atoms with Gasteiger partial charge < -0.3 is 20.1 Å². The van der Waals surface area contributed by atoms with Gasteiger partial charge in [0, 0.05) is 48.7 Å². The molecule has 2 aliphatic heterocycles. The van der Waals surface area contributed by atoms with Crippen LogP contribution in [0.2, 0.25) is 10.0 Å². The van der Waals surface area contributed by atoms with Crippen LogP contribution >= 0.6 is 34.5 Å². The summed E-state index contributed by atoms with van der Waals surface area (Å²) in [5, 5.41) is 14.5. The van der Waals surface area contributed by atoms with E-state index in [0.717, 1.165) is 47.1 Å². The molecule has 2 saturated heterocycles. The number of nitrogens with one attached hydrogen (secondary N) is 1. The maximum absolute atomic E-state index is 14.9. The fourth-order valence-electron chi connectivity index (χ4n) is 4.64. The van der Waals surface area contributed by atoms with Crippen LogP contribution in [0.5, 0.6) is 0 Å². The van der Waals surface area contributed by atoms with Crippen molar-refractivity contribution in [3.63, 3.8) is 0 Å². The third-order valence-corrected chi connectivity index (χ3v) is 8.30. The maximum Gasteiger partial charge on any atom is 0.186 e. The molecule has 2 N–H and O–H groups in total. The Morgan fingerprint density at radius 3 is 2.85 bits per heavy atom.